The van der Waals surface area contributed by atoms with Crippen LogP contribution in [0.25, 0.3) is 10.9 Å². The van der Waals surface area contributed by atoms with Crippen LogP contribution in [-0.2, 0) is 9.53 Å². The van der Waals surface area contributed by atoms with Crippen LogP contribution in [-0.4, -0.2) is 36.3 Å². The summed E-state index contributed by atoms with van der Waals surface area (Å²) in [5.74, 6) is -0.816. The van der Waals surface area contributed by atoms with Crippen molar-refractivity contribution in [3.8, 4) is 0 Å². The van der Waals surface area contributed by atoms with Gasteiger partial charge in [0.15, 0.2) is 0 Å². The van der Waals surface area contributed by atoms with E-state index in [0.717, 1.165) is 16.5 Å². The standard InChI is InChI=1S/C14H16N2O3/c1-15-12(14(13(17)18)7-19-8-14)10-6-16-11-5-3-2-4-9(10)11/h2-6,12,15-16H,7-8H2,1H3,(H,17,18). The van der Waals surface area contributed by atoms with Crippen LogP contribution >= 0.6 is 0 Å². The van der Waals surface area contributed by atoms with E-state index in [0.29, 0.717) is 0 Å². The highest BCUT2D eigenvalue weighted by molar-refractivity contribution is 5.85. The van der Waals surface area contributed by atoms with Crippen molar-refractivity contribution in [1.29, 1.82) is 0 Å². The van der Waals surface area contributed by atoms with Crippen LogP contribution in [0.5, 0.6) is 0 Å². The smallest absolute Gasteiger partial charge is 0.316 e. The fourth-order valence-corrected chi connectivity index (χ4v) is 2.80. The number of aromatic nitrogens is 1. The van der Waals surface area contributed by atoms with Gasteiger partial charge in [0.1, 0.15) is 5.41 Å². The second-order valence-electron chi connectivity index (χ2n) is 4.97. The number of carboxylic acid groups (broad SMARTS) is 1. The molecule has 5 nitrogen and oxygen atoms in total. The monoisotopic (exact) mass is 260 g/mol. The van der Waals surface area contributed by atoms with Crippen LogP contribution in [0.15, 0.2) is 30.5 Å². The highest BCUT2D eigenvalue weighted by atomic mass is 16.5. The lowest BCUT2D eigenvalue weighted by Crippen LogP contribution is -2.56. The molecule has 0 saturated carbocycles. The van der Waals surface area contributed by atoms with Crippen LogP contribution in [0, 0.1) is 5.41 Å². The van der Waals surface area contributed by atoms with Gasteiger partial charge in [-0.25, -0.2) is 0 Å². The number of para-hydroxylation sites is 1. The van der Waals surface area contributed by atoms with Gasteiger partial charge in [-0.3, -0.25) is 4.79 Å². The molecule has 1 atom stereocenters. The molecule has 0 spiro atoms. The molecule has 0 aliphatic carbocycles. The average molecular weight is 260 g/mol. The number of rotatable bonds is 4. The van der Waals surface area contributed by atoms with Crippen molar-refractivity contribution in [3.05, 3.63) is 36.0 Å². The van der Waals surface area contributed by atoms with Crippen molar-refractivity contribution in [1.82, 2.24) is 10.3 Å². The number of aliphatic carboxylic acids is 1. The van der Waals surface area contributed by atoms with Crippen molar-refractivity contribution in [2.24, 2.45) is 5.41 Å². The summed E-state index contributed by atoms with van der Waals surface area (Å²) >= 11 is 0. The van der Waals surface area contributed by atoms with Crippen molar-refractivity contribution in [2.45, 2.75) is 6.04 Å². The Morgan fingerprint density at radius 1 is 1.47 bits per heavy atom. The SMILES string of the molecule is CNC(c1c[nH]c2ccccc12)C1(C(=O)O)COC1. The summed E-state index contributed by atoms with van der Waals surface area (Å²) in [6.07, 6.45) is 1.88. The third-order valence-electron chi connectivity index (χ3n) is 3.92. The Labute approximate surface area is 110 Å². The van der Waals surface area contributed by atoms with Crippen LogP contribution in [0.4, 0.5) is 0 Å². The largest absolute Gasteiger partial charge is 0.481 e. The minimum Gasteiger partial charge on any atom is -0.481 e. The first-order chi connectivity index (χ1) is 9.19. The first kappa shape index (κ1) is 12.2. The second kappa shape index (κ2) is 4.36. The Morgan fingerprint density at radius 3 is 2.79 bits per heavy atom. The zero-order valence-corrected chi connectivity index (χ0v) is 10.6. The molecule has 5 heteroatoms. The van der Waals surface area contributed by atoms with E-state index in [1.807, 2.05) is 30.5 Å². The molecule has 1 aliphatic heterocycles. The van der Waals surface area contributed by atoms with Gasteiger partial charge in [-0.2, -0.15) is 0 Å². The first-order valence-electron chi connectivity index (χ1n) is 6.23. The van der Waals surface area contributed by atoms with Gasteiger partial charge in [-0.05, 0) is 18.7 Å². The zero-order valence-electron chi connectivity index (χ0n) is 10.6. The number of nitrogens with one attached hydrogen (secondary N) is 2. The van der Waals surface area contributed by atoms with Crippen LogP contribution in [0.3, 0.4) is 0 Å². The van der Waals surface area contributed by atoms with Gasteiger partial charge in [0.05, 0.1) is 19.3 Å². The molecule has 0 radical (unpaired) electrons. The van der Waals surface area contributed by atoms with Gasteiger partial charge < -0.3 is 20.1 Å². The van der Waals surface area contributed by atoms with Gasteiger partial charge in [-0.1, -0.05) is 18.2 Å². The number of aromatic amines is 1. The molecule has 1 saturated heterocycles. The quantitative estimate of drug-likeness (QED) is 0.779. The topological polar surface area (TPSA) is 74.4 Å². The lowest BCUT2D eigenvalue weighted by molar-refractivity contribution is -0.186. The Bertz CT molecular complexity index is 616. The summed E-state index contributed by atoms with van der Waals surface area (Å²) < 4.78 is 5.16. The number of carbonyl (C=O) groups is 1. The Balaban J connectivity index is 2.10. The van der Waals surface area contributed by atoms with E-state index in [1.165, 1.54) is 0 Å². The molecular weight excluding hydrogens is 244 g/mol. The van der Waals surface area contributed by atoms with Crippen LogP contribution < -0.4 is 5.32 Å². The normalized spacial score (nSPS) is 19.0. The maximum absolute atomic E-state index is 11.6. The molecule has 2 aromatic rings. The van der Waals surface area contributed by atoms with Gasteiger partial charge >= 0.3 is 5.97 Å². The van der Waals surface area contributed by atoms with E-state index in [-0.39, 0.29) is 19.3 Å². The fraction of sp³-hybridized carbons (Fsp3) is 0.357. The molecule has 1 aromatic heterocycles. The average Bonchev–Trinajstić information content (AvgIpc) is 2.76. The van der Waals surface area contributed by atoms with Gasteiger partial charge in [0.2, 0.25) is 0 Å². The third kappa shape index (κ3) is 1.66. The summed E-state index contributed by atoms with van der Waals surface area (Å²) in [5.41, 5.74) is 1.11. The lowest BCUT2D eigenvalue weighted by Gasteiger charge is -2.43. The van der Waals surface area contributed by atoms with Crippen LogP contribution in [0.1, 0.15) is 11.6 Å². The molecule has 3 N–H and O–H groups in total. The number of fused-ring (bicyclic) bond motifs is 1. The minimum absolute atomic E-state index is 0.243. The van der Waals surface area contributed by atoms with Crippen molar-refractivity contribution in [3.63, 3.8) is 0 Å². The molecule has 100 valence electrons. The summed E-state index contributed by atoms with van der Waals surface area (Å²) in [5, 5.41) is 13.7. The molecule has 2 heterocycles. The highest BCUT2D eigenvalue weighted by Gasteiger charge is 2.53. The number of benzene rings is 1. The van der Waals surface area contributed by atoms with E-state index in [1.54, 1.807) is 7.05 Å². The van der Waals surface area contributed by atoms with Gasteiger partial charge in [0.25, 0.3) is 0 Å². The maximum atomic E-state index is 11.6. The molecule has 0 amide bonds. The molecule has 0 bridgehead atoms. The molecule has 3 rings (SSSR count). The fourth-order valence-electron chi connectivity index (χ4n) is 2.80. The third-order valence-corrected chi connectivity index (χ3v) is 3.92. The maximum Gasteiger partial charge on any atom is 0.316 e. The van der Waals surface area contributed by atoms with Gasteiger partial charge in [-0.15, -0.1) is 0 Å². The Kier molecular flexibility index (Phi) is 2.80. The first-order valence-corrected chi connectivity index (χ1v) is 6.23. The minimum atomic E-state index is -0.875. The molecule has 1 fully saturated rings. The number of hydrogen-bond acceptors (Lipinski definition) is 3. The van der Waals surface area contributed by atoms with E-state index < -0.39 is 11.4 Å². The second-order valence-corrected chi connectivity index (χ2v) is 4.97. The number of H-pyrrole nitrogens is 1. The van der Waals surface area contributed by atoms with Crippen molar-refractivity contribution in [2.75, 3.05) is 20.3 Å². The molecule has 1 aromatic carbocycles. The number of carboxylic acids is 1. The van der Waals surface area contributed by atoms with E-state index in [9.17, 15) is 9.90 Å². The molecular formula is C14H16N2O3. The predicted octanol–water partition coefficient (Wildman–Crippen LogP) is 1.53. The molecule has 19 heavy (non-hydrogen) atoms. The van der Waals surface area contributed by atoms with Crippen molar-refractivity contribution >= 4 is 16.9 Å². The van der Waals surface area contributed by atoms with Crippen molar-refractivity contribution < 1.29 is 14.6 Å². The summed E-state index contributed by atoms with van der Waals surface area (Å²) in [6, 6.07) is 7.62. The summed E-state index contributed by atoms with van der Waals surface area (Å²) in [6.45, 7) is 0.487. The molecule has 1 unspecified atom stereocenters. The summed E-state index contributed by atoms with van der Waals surface area (Å²) in [7, 11) is 1.79. The lowest BCUT2D eigenvalue weighted by atomic mass is 9.75. The zero-order chi connectivity index (χ0) is 13.5. The predicted molar refractivity (Wildman–Crippen MR) is 71.0 cm³/mol. The van der Waals surface area contributed by atoms with E-state index in [2.05, 4.69) is 10.3 Å². The number of ether oxygens (including phenoxy) is 1. The van der Waals surface area contributed by atoms with Gasteiger partial charge in [0, 0.05) is 17.1 Å². The molecule has 1 aliphatic rings. The van der Waals surface area contributed by atoms with E-state index >= 15 is 0 Å². The van der Waals surface area contributed by atoms with E-state index in [4.69, 9.17) is 4.74 Å². The Morgan fingerprint density at radius 2 is 2.21 bits per heavy atom. The van der Waals surface area contributed by atoms with Crippen LogP contribution in [0.2, 0.25) is 0 Å². The summed E-state index contributed by atoms with van der Waals surface area (Å²) in [4.78, 5) is 14.8. The number of hydrogen-bond donors (Lipinski definition) is 3. The highest BCUT2D eigenvalue weighted by Crippen LogP contribution is 2.42. The Hall–Kier alpha value is -1.85.